The van der Waals surface area contributed by atoms with Crippen LogP contribution in [0.1, 0.15) is 85.9 Å². The summed E-state index contributed by atoms with van der Waals surface area (Å²) in [5, 5.41) is -2.69. The largest absolute Gasteiger partial charge is 0.417 e. The van der Waals surface area contributed by atoms with Gasteiger partial charge < -0.3 is 0 Å². The molecule has 0 unspecified atom stereocenters. The summed E-state index contributed by atoms with van der Waals surface area (Å²) in [6.07, 6.45) is -34.6. The van der Waals surface area contributed by atoms with E-state index in [1.165, 1.54) is 6.92 Å². The first kappa shape index (κ1) is 61.5. The number of fused-ring (bicyclic) bond motifs is 4. The smallest absolute Gasteiger partial charge is 0.277 e. The van der Waals surface area contributed by atoms with Gasteiger partial charge in [0.25, 0.3) is 45.9 Å². The molecule has 11 rings (SSSR count). The van der Waals surface area contributed by atoms with E-state index in [2.05, 4.69) is 0 Å². The Morgan fingerprint density at radius 1 is 0.344 bits per heavy atom. The first-order valence-electron chi connectivity index (χ1n) is 25.5. The molecule has 0 N–H and O–H groups in total. The molecule has 0 atom stereocenters. The predicted octanol–water partition coefficient (Wildman–Crippen LogP) is 13.1. The molecule has 2 aromatic heterocycles. The molecule has 2 aliphatic heterocycles. The molecule has 0 aliphatic carbocycles. The lowest BCUT2D eigenvalue weighted by Crippen LogP contribution is -2.55. The van der Waals surface area contributed by atoms with Gasteiger partial charge in [0.1, 0.15) is 0 Å². The average Bonchev–Trinajstić information content (AvgIpc) is 0.955. The van der Waals surface area contributed by atoms with Crippen LogP contribution >= 0.6 is 0 Å². The van der Waals surface area contributed by atoms with E-state index in [1.807, 2.05) is 0 Å². The zero-order chi connectivity index (χ0) is 66.0. The summed E-state index contributed by atoms with van der Waals surface area (Å²) >= 11 is 0. The van der Waals surface area contributed by atoms with Crippen molar-refractivity contribution in [3.63, 3.8) is 0 Å². The number of rotatable bonds is 8. The van der Waals surface area contributed by atoms with E-state index in [-0.39, 0.29) is 57.5 Å². The number of carbonyl (C=O) groups excluding carboxylic acids is 4. The van der Waals surface area contributed by atoms with Crippen molar-refractivity contribution in [1.82, 2.24) is 14.0 Å². The first-order valence-corrected chi connectivity index (χ1v) is 25.5. The average molecular weight is 1270 g/mol. The second-order valence-corrected chi connectivity index (χ2v) is 20.8. The molecule has 4 heterocycles. The summed E-state index contributed by atoms with van der Waals surface area (Å²) in [6, 6.07) is 9.20. The number of hydrogen-bond donors (Lipinski definition) is 0. The van der Waals surface area contributed by atoms with E-state index in [4.69, 9.17) is 0 Å². The third kappa shape index (κ3) is 9.34. The number of imide groups is 2. The van der Waals surface area contributed by atoms with Crippen LogP contribution < -0.4 is 27.1 Å². The van der Waals surface area contributed by atoms with Crippen molar-refractivity contribution in [1.29, 1.82) is 0 Å². The van der Waals surface area contributed by atoms with Gasteiger partial charge in [-0.25, -0.2) is 9.47 Å². The van der Waals surface area contributed by atoms with Crippen LogP contribution in [0.25, 0.3) is 49.5 Å². The predicted molar refractivity (Wildman–Crippen MR) is 281 cm³/mol. The van der Waals surface area contributed by atoms with E-state index in [0.717, 1.165) is 31.3 Å². The van der Waals surface area contributed by atoms with Gasteiger partial charge in [0.2, 0.25) is 5.41 Å². The van der Waals surface area contributed by atoms with Crippen LogP contribution in [0.15, 0.2) is 141 Å². The minimum Gasteiger partial charge on any atom is -0.277 e. The van der Waals surface area contributed by atoms with Crippen molar-refractivity contribution in [3.8, 4) is 27.9 Å². The number of nitrogens with zero attached hydrogens (tertiary/aromatic N) is 4. The minimum absolute atomic E-state index is 0.00337. The van der Waals surface area contributed by atoms with Crippen molar-refractivity contribution >= 4 is 50.9 Å². The van der Waals surface area contributed by atoms with E-state index < -0.39 is 211 Å². The fourth-order valence-electron chi connectivity index (χ4n) is 11.4. The molecule has 2 aliphatic rings. The summed E-state index contributed by atoms with van der Waals surface area (Å²) in [5.74, 6) is -5.76. The van der Waals surface area contributed by atoms with Gasteiger partial charge in [-0.3, -0.25) is 47.8 Å². The van der Waals surface area contributed by atoms with Gasteiger partial charge in [-0.2, -0.15) is 79.0 Å². The molecule has 0 spiro atoms. The lowest BCUT2D eigenvalue weighted by Gasteiger charge is -2.38. The zero-order valence-corrected chi connectivity index (χ0v) is 44.6. The highest BCUT2D eigenvalue weighted by molar-refractivity contribution is 6.34. The number of aryl methyl sites for hydroxylation is 1. The Kier molecular flexibility index (Phi) is 13.6. The van der Waals surface area contributed by atoms with E-state index >= 15 is 52.7 Å². The summed E-state index contributed by atoms with van der Waals surface area (Å²) < 4.78 is 268. The highest BCUT2D eigenvalue weighted by atomic mass is 19.4. The van der Waals surface area contributed by atoms with Gasteiger partial charge in [-0.1, -0.05) is 54.1 Å². The molecule has 90 heavy (non-hydrogen) atoms. The molecule has 4 amide bonds. The van der Waals surface area contributed by atoms with E-state index in [9.17, 15) is 64.7 Å². The molecular formula is C60H28F18N4O8. The van der Waals surface area contributed by atoms with Gasteiger partial charge in [0, 0.05) is 7.05 Å². The van der Waals surface area contributed by atoms with Crippen LogP contribution in [0.2, 0.25) is 0 Å². The quantitative estimate of drug-likeness (QED) is 0.108. The molecule has 462 valence electrons. The number of halogens is 18. The number of amides is 4. The molecule has 0 bridgehead atoms. The third-order valence-electron chi connectivity index (χ3n) is 15.6. The van der Waals surface area contributed by atoms with Crippen molar-refractivity contribution in [2.45, 2.75) is 55.9 Å². The number of hydrogen-bond acceptors (Lipinski definition) is 8. The normalized spacial score (nSPS) is 14.5. The molecule has 9 aromatic rings. The second-order valence-electron chi connectivity index (χ2n) is 20.8. The Labute approximate surface area is 487 Å². The van der Waals surface area contributed by atoms with Crippen LogP contribution in [0, 0.1) is 6.92 Å². The Hall–Kier alpha value is -10.2. The SMILES string of the molecule is Cc1ccc(-c2ccc(-n3c(=O)c4cc5c(=O)n(Cc6ccc(-c7ccc(N8C(=O)c9ccc(C(c%10ccc%11c(c%10)C(=O)N(C)C%11=O)(C(F)(F)F)C(F)(F)F)cc9C8=O)cc7C(F)(F)F)c(C(F)(F)F)c6)c(=O)c5cc4c3=O)cc2C(F)(F)F)c(C(F)(F)F)c1. The maximum Gasteiger partial charge on any atom is 0.417 e. The summed E-state index contributed by atoms with van der Waals surface area (Å²) in [6.45, 7) is 0.167. The molecule has 12 nitrogen and oxygen atoms in total. The Balaban J connectivity index is 0.933. The number of alkyl halides is 18. The van der Waals surface area contributed by atoms with Crippen molar-refractivity contribution in [3.05, 3.63) is 230 Å². The van der Waals surface area contributed by atoms with Crippen LogP contribution in [0.5, 0.6) is 0 Å². The van der Waals surface area contributed by atoms with Gasteiger partial charge in [-0.05, 0) is 119 Å². The van der Waals surface area contributed by atoms with Crippen molar-refractivity contribution in [2.24, 2.45) is 0 Å². The van der Waals surface area contributed by atoms with Gasteiger partial charge in [0.05, 0.1) is 84.0 Å². The van der Waals surface area contributed by atoms with Crippen molar-refractivity contribution < 1.29 is 98.2 Å². The highest BCUT2D eigenvalue weighted by Gasteiger charge is 2.73. The standard InChI is InChI=1S/C60H28F18N4O8/c1-24-3-9-30(42(15-24)55(61,62)63)32-13-8-29(20-44(32)57(67,68)69)82-52(89)40-21-38-39(22-41(40)53(82)90)49(86)80(48(38)85)23-25-4-10-31(43(16-25)56(64,65)66)33-14-7-28(19-45(33)58(70,71)72)81-50(87)35-12-6-27(18-37(35)51(81)88)54(59(73,74)75,60(76,77)78)26-5-11-34-36(17-26)47(84)79(2)46(34)83/h3-22H,23H2,1-2H3. The van der Waals surface area contributed by atoms with Gasteiger partial charge >= 0.3 is 37.1 Å². The topological polar surface area (TPSA) is 153 Å². The highest BCUT2D eigenvalue weighted by Crippen LogP contribution is 2.57. The first-order chi connectivity index (χ1) is 41.6. The van der Waals surface area contributed by atoms with Crippen LogP contribution in [0.4, 0.5) is 84.7 Å². The molecule has 0 fully saturated rings. The van der Waals surface area contributed by atoms with Crippen LogP contribution in [-0.4, -0.2) is 57.1 Å². The molecule has 30 heteroatoms. The van der Waals surface area contributed by atoms with Crippen LogP contribution in [0.3, 0.4) is 0 Å². The number of aromatic nitrogens is 2. The van der Waals surface area contributed by atoms with E-state index in [1.54, 1.807) is 0 Å². The lowest BCUT2D eigenvalue weighted by atomic mass is 9.71. The lowest BCUT2D eigenvalue weighted by molar-refractivity contribution is -0.288. The fraction of sp³-hybridized carbons (Fsp3) is 0.167. The van der Waals surface area contributed by atoms with Gasteiger partial charge in [-0.15, -0.1) is 0 Å². The van der Waals surface area contributed by atoms with Crippen molar-refractivity contribution in [2.75, 3.05) is 11.9 Å². The maximum absolute atomic E-state index is 15.2. The summed E-state index contributed by atoms with van der Waals surface area (Å²) in [7, 11) is 0.900. The zero-order valence-electron chi connectivity index (χ0n) is 44.6. The Morgan fingerprint density at radius 3 is 1.17 bits per heavy atom. The molecule has 0 radical (unpaired) electrons. The molecule has 0 saturated carbocycles. The fourth-order valence-corrected chi connectivity index (χ4v) is 11.4. The summed E-state index contributed by atoms with van der Waals surface area (Å²) in [4.78, 5) is 108. The molecule has 0 saturated heterocycles. The monoisotopic (exact) mass is 1270 g/mol. The third-order valence-corrected chi connectivity index (χ3v) is 15.6. The molecule has 7 aromatic carbocycles. The van der Waals surface area contributed by atoms with Gasteiger partial charge in [0.15, 0.2) is 0 Å². The minimum atomic E-state index is -6.39. The number of carbonyl (C=O) groups is 4. The Morgan fingerprint density at radius 2 is 0.700 bits per heavy atom. The maximum atomic E-state index is 15.2. The summed E-state index contributed by atoms with van der Waals surface area (Å²) in [5.41, 5.74) is -31.6. The Bertz CT molecular complexity index is 4810. The number of benzene rings is 7. The second kappa shape index (κ2) is 19.9. The van der Waals surface area contributed by atoms with E-state index in [0.29, 0.717) is 64.1 Å². The molecular weight excluding hydrogens is 1250 g/mol. The van der Waals surface area contributed by atoms with Crippen LogP contribution in [-0.2, 0) is 36.7 Å². The number of anilines is 1.